The van der Waals surface area contributed by atoms with Crippen LogP contribution in [0.4, 0.5) is 8.78 Å². The van der Waals surface area contributed by atoms with E-state index < -0.39 is 6.61 Å². The number of hydrogen-bond acceptors (Lipinski definition) is 2. The van der Waals surface area contributed by atoms with Crippen molar-refractivity contribution in [3.05, 3.63) is 29.8 Å². The highest BCUT2D eigenvalue weighted by Gasteiger charge is 2.26. The van der Waals surface area contributed by atoms with Crippen LogP contribution in [0, 0.1) is 5.92 Å². The Morgan fingerprint density at radius 3 is 2.62 bits per heavy atom. The van der Waals surface area contributed by atoms with E-state index in [2.05, 4.69) is 4.74 Å². The van der Waals surface area contributed by atoms with E-state index in [4.69, 9.17) is 11.6 Å². The molecule has 6 heteroatoms. The number of amides is 1. The SMILES string of the molecule is CC(Cl)C1CCN(C(=O)c2cccc(OC(F)F)c2)CC1. The van der Waals surface area contributed by atoms with Gasteiger partial charge < -0.3 is 9.64 Å². The maximum atomic E-state index is 12.4. The number of alkyl halides is 3. The predicted octanol–water partition coefficient (Wildman–Crippen LogP) is 3.77. The van der Waals surface area contributed by atoms with Gasteiger partial charge in [0.15, 0.2) is 0 Å². The van der Waals surface area contributed by atoms with E-state index >= 15 is 0 Å². The molecule has 0 aromatic heterocycles. The van der Waals surface area contributed by atoms with Crippen LogP contribution in [-0.2, 0) is 0 Å². The number of rotatable bonds is 4. The fraction of sp³-hybridized carbons (Fsp3) is 0.533. The minimum Gasteiger partial charge on any atom is -0.435 e. The molecule has 3 nitrogen and oxygen atoms in total. The van der Waals surface area contributed by atoms with Crippen molar-refractivity contribution in [1.82, 2.24) is 4.90 Å². The van der Waals surface area contributed by atoms with E-state index in [0.717, 1.165) is 12.8 Å². The number of benzene rings is 1. The number of hydrogen-bond donors (Lipinski definition) is 0. The van der Waals surface area contributed by atoms with Gasteiger partial charge in [0.25, 0.3) is 5.91 Å². The standard InChI is InChI=1S/C15H18ClF2NO2/c1-10(16)11-5-7-19(8-6-11)14(20)12-3-2-4-13(9-12)21-15(17)18/h2-4,9-11,15H,5-8H2,1H3. The van der Waals surface area contributed by atoms with Gasteiger partial charge in [-0.1, -0.05) is 6.07 Å². The minimum absolute atomic E-state index is 0.000108. The molecule has 0 bridgehead atoms. The van der Waals surface area contributed by atoms with Crippen molar-refractivity contribution < 1.29 is 18.3 Å². The molecule has 0 radical (unpaired) electrons. The number of nitrogens with zero attached hydrogens (tertiary/aromatic N) is 1. The fourth-order valence-electron chi connectivity index (χ4n) is 2.55. The molecule has 1 unspecified atom stereocenters. The summed E-state index contributed by atoms with van der Waals surface area (Å²) in [6.07, 6.45) is 1.73. The van der Waals surface area contributed by atoms with Gasteiger partial charge in [-0.25, -0.2) is 0 Å². The average Bonchev–Trinajstić information content (AvgIpc) is 2.46. The van der Waals surface area contributed by atoms with E-state index in [1.807, 2.05) is 6.92 Å². The van der Waals surface area contributed by atoms with Gasteiger partial charge in [-0.3, -0.25) is 4.79 Å². The van der Waals surface area contributed by atoms with Crippen LogP contribution in [0.25, 0.3) is 0 Å². The summed E-state index contributed by atoms with van der Waals surface area (Å²) in [6, 6.07) is 5.91. The molecule has 116 valence electrons. The third-order valence-electron chi connectivity index (χ3n) is 3.78. The maximum absolute atomic E-state index is 12.4. The van der Waals surface area contributed by atoms with Crippen molar-refractivity contribution in [2.75, 3.05) is 13.1 Å². The summed E-state index contributed by atoms with van der Waals surface area (Å²) in [5, 5.41) is 0.102. The summed E-state index contributed by atoms with van der Waals surface area (Å²) >= 11 is 6.08. The van der Waals surface area contributed by atoms with Crippen molar-refractivity contribution in [2.45, 2.75) is 31.8 Å². The zero-order valence-electron chi connectivity index (χ0n) is 11.8. The van der Waals surface area contributed by atoms with Crippen LogP contribution in [0.2, 0.25) is 0 Å². The Morgan fingerprint density at radius 1 is 1.38 bits per heavy atom. The van der Waals surface area contributed by atoms with Gasteiger partial charge in [0.05, 0.1) is 0 Å². The van der Waals surface area contributed by atoms with E-state index in [9.17, 15) is 13.6 Å². The molecule has 21 heavy (non-hydrogen) atoms. The van der Waals surface area contributed by atoms with Crippen LogP contribution in [0.1, 0.15) is 30.1 Å². The Labute approximate surface area is 127 Å². The molecule has 1 heterocycles. The Morgan fingerprint density at radius 2 is 2.05 bits per heavy atom. The fourth-order valence-corrected chi connectivity index (χ4v) is 2.80. The smallest absolute Gasteiger partial charge is 0.387 e. The summed E-state index contributed by atoms with van der Waals surface area (Å²) in [7, 11) is 0. The zero-order valence-corrected chi connectivity index (χ0v) is 12.5. The molecule has 1 aromatic rings. The second-order valence-electron chi connectivity index (χ2n) is 5.21. The lowest BCUT2D eigenvalue weighted by atomic mass is 9.93. The quantitative estimate of drug-likeness (QED) is 0.791. The number of piperidine rings is 1. The van der Waals surface area contributed by atoms with Gasteiger partial charge in [0, 0.05) is 24.0 Å². The van der Waals surface area contributed by atoms with Gasteiger partial charge in [-0.2, -0.15) is 8.78 Å². The van der Waals surface area contributed by atoms with E-state index in [1.54, 1.807) is 17.0 Å². The first-order valence-electron chi connectivity index (χ1n) is 6.95. The van der Waals surface area contributed by atoms with Gasteiger partial charge in [0.2, 0.25) is 0 Å². The third kappa shape index (κ3) is 4.30. The van der Waals surface area contributed by atoms with Crippen LogP contribution in [0.3, 0.4) is 0 Å². The number of carbonyl (C=O) groups is 1. The lowest BCUT2D eigenvalue weighted by Gasteiger charge is -2.33. The molecule has 1 aliphatic rings. The van der Waals surface area contributed by atoms with Crippen LogP contribution >= 0.6 is 11.6 Å². The Bertz CT molecular complexity index is 488. The molecule has 1 aromatic carbocycles. The second kappa shape index (κ2) is 7.07. The number of ether oxygens (including phenoxy) is 1. The van der Waals surface area contributed by atoms with E-state index in [0.29, 0.717) is 24.6 Å². The number of carbonyl (C=O) groups excluding carboxylic acids is 1. The average molecular weight is 318 g/mol. The minimum atomic E-state index is -2.89. The molecular formula is C15H18ClF2NO2. The summed E-state index contributed by atoms with van der Waals surface area (Å²) in [5.41, 5.74) is 0.366. The van der Waals surface area contributed by atoms with Crippen molar-refractivity contribution in [3.8, 4) is 5.75 Å². The highest BCUT2D eigenvalue weighted by atomic mass is 35.5. The van der Waals surface area contributed by atoms with Gasteiger partial charge in [0.1, 0.15) is 5.75 Å². The molecular weight excluding hydrogens is 300 g/mol. The van der Waals surface area contributed by atoms with Crippen LogP contribution in [-0.4, -0.2) is 35.9 Å². The van der Waals surface area contributed by atoms with Crippen molar-refractivity contribution in [2.24, 2.45) is 5.92 Å². The van der Waals surface area contributed by atoms with Crippen LogP contribution < -0.4 is 4.74 Å². The first-order valence-corrected chi connectivity index (χ1v) is 7.39. The molecule has 1 aliphatic heterocycles. The maximum Gasteiger partial charge on any atom is 0.387 e. The molecule has 1 fully saturated rings. The van der Waals surface area contributed by atoms with Gasteiger partial charge in [-0.15, -0.1) is 11.6 Å². The Balaban J connectivity index is 2.00. The number of likely N-dealkylation sites (tertiary alicyclic amines) is 1. The van der Waals surface area contributed by atoms with Crippen LogP contribution in [0.5, 0.6) is 5.75 Å². The molecule has 2 rings (SSSR count). The topological polar surface area (TPSA) is 29.5 Å². The molecule has 1 amide bonds. The van der Waals surface area contributed by atoms with Gasteiger partial charge in [-0.05, 0) is 43.9 Å². The van der Waals surface area contributed by atoms with Crippen molar-refractivity contribution >= 4 is 17.5 Å². The lowest BCUT2D eigenvalue weighted by molar-refractivity contribution is -0.0499. The number of halogens is 3. The summed E-state index contributed by atoms with van der Waals surface area (Å²) in [4.78, 5) is 14.1. The first-order chi connectivity index (χ1) is 9.97. The van der Waals surface area contributed by atoms with E-state index in [1.165, 1.54) is 12.1 Å². The first kappa shape index (κ1) is 16.0. The molecule has 0 N–H and O–H groups in total. The largest absolute Gasteiger partial charge is 0.435 e. The highest BCUT2D eigenvalue weighted by Crippen LogP contribution is 2.25. The monoisotopic (exact) mass is 317 g/mol. The molecule has 0 saturated carbocycles. The third-order valence-corrected chi connectivity index (χ3v) is 4.14. The van der Waals surface area contributed by atoms with Crippen molar-refractivity contribution in [3.63, 3.8) is 0 Å². The van der Waals surface area contributed by atoms with Crippen molar-refractivity contribution in [1.29, 1.82) is 0 Å². The lowest BCUT2D eigenvalue weighted by Crippen LogP contribution is -2.40. The normalized spacial score (nSPS) is 17.9. The molecule has 0 aliphatic carbocycles. The second-order valence-corrected chi connectivity index (χ2v) is 5.90. The predicted molar refractivity (Wildman–Crippen MR) is 77.0 cm³/mol. The summed E-state index contributed by atoms with van der Waals surface area (Å²) in [5.74, 6) is 0.264. The zero-order chi connectivity index (χ0) is 15.4. The molecule has 1 saturated heterocycles. The summed E-state index contributed by atoms with van der Waals surface area (Å²) in [6.45, 7) is 0.354. The molecule has 0 spiro atoms. The highest BCUT2D eigenvalue weighted by molar-refractivity contribution is 6.20. The van der Waals surface area contributed by atoms with Gasteiger partial charge >= 0.3 is 6.61 Å². The van der Waals surface area contributed by atoms with Crippen LogP contribution in [0.15, 0.2) is 24.3 Å². The Hall–Kier alpha value is -1.36. The molecule has 1 atom stereocenters. The Kier molecular flexibility index (Phi) is 5.39. The summed E-state index contributed by atoms with van der Waals surface area (Å²) < 4.78 is 28.7. The van der Waals surface area contributed by atoms with E-state index in [-0.39, 0.29) is 17.0 Å².